The molecule has 0 fully saturated rings. The summed E-state index contributed by atoms with van der Waals surface area (Å²) in [6.07, 6.45) is 0. The summed E-state index contributed by atoms with van der Waals surface area (Å²) in [6, 6.07) is 2.23. The van der Waals surface area contributed by atoms with E-state index in [-0.39, 0.29) is 11.4 Å². The van der Waals surface area contributed by atoms with E-state index in [0.717, 1.165) is 0 Å². The summed E-state index contributed by atoms with van der Waals surface area (Å²) in [4.78, 5) is 11.2. The van der Waals surface area contributed by atoms with Gasteiger partial charge in [-0.15, -0.1) is 0 Å². The molecule has 0 aromatic heterocycles. The summed E-state index contributed by atoms with van der Waals surface area (Å²) in [5.41, 5.74) is 12.3. The van der Waals surface area contributed by atoms with Gasteiger partial charge in [0.2, 0.25) is 0 Å². The van der Waals surface area contributed by atoms with Crippen molar-refractivity contribution in [3.05, 3.63) is 23.3 Å². The fraction of sp³-hybridized carbons (Fsp3) is 0.300. The SMILES string of the molecule is COC(=O)[C@@H](N)c1c(C)ccc(N)c1O. The highest BCUT2D eigenvalue weighted by Gasteiger charge is 2.22. The number of phenols is 1. The number of nitrogen functional groups attached to an aromatic ring is 1. The molecule has 0 unspecified atom stereocenters. The molecule has 0 amide bonds. The van der Waals surface area contributed by atoms with Crippen LogP contribution in [0.25, 0.3) is 0 Å². The zero-order chi connectivity index (χ0) is 11.6. The third kappa shape index (κ3) is 2.02. The molecular weight excluding hydrogens is 196 g/mol. The van der Waals surface area contributed by atoms with Gasteiger partial charge < -0.3 is 21.3 Å². The van der Waals surface area contributed by atoms with E-state index in [1.807, 2.05) is 0 Å². The predicted octanol–water partition coefficient (Wildman–Crippen LogP) is 0.456. The minimum absolute atomic E-state index is 0.159. The fourth-order valence-corrected chi connectivity index (χ4v) is 1.36. The van der Waals surface area contributed by atoms with Crippen molar-refractivity contribution in [2.24, 2.45) is 5.73 Å². The second kappa shape index (κ2) is 4.18. The average Bonchev–Trinajstić information content (AvgIpc) is 2.22. The van der Waals surface area contributed by atoms with Crippen LogP contribution in [0.15, 0.2) is 12.1 Å². The van der Waals surface area contributed by atoms with Crippen molar-refractivity contribution in [1.29, 1.82) is 0 Å². The van der Waals surface area contributed by atoms with Gasteiger partial charge in [0.05, 0.1) is 12.8 Å². The summed E-state index contributed by atoms with van der Waals surface area (Å²) < 4.78 is 4.50. The molecule has 5 N–H and O–H groups in total. The van der Waals surface area contributed by atoms with E-state index < -0.39 is 12.0 Å². The van der Waals surface area contributed by atoms with Crippen molar-refractivity contribution in [2.75, 3.05) is 12.8 Å². The lowest BCUT2D eigenvalue weighted by atomic mass is 10.00. The van der Waals surface area contributed by atoms with Crippen molar-refractivity contribution in [3.8, 4) is 5.75 Å². The fourth-order valence-electron chi connectivity index (χ4n) is 1.36. The van der Waals surface area contributed by atoms with E-state index in [4.69, 9.17) is 11.5 Å². The van der Waals surface area contributed by atoms with E-state index in [1.54, 1.807) is 19.1 Å². The van der Waals surface area contributed by atoms with Crippen LogP contribution < -0.4 is 11.5 Å². The molecule has 0 spiro atoms. The maximum atomic E-state index is 11.2. The van der Waals surface area contributed by atoms with Crippen LogP contribution in [0.3, 0.4) is 0 Å². The van der Waals surface area contributed by atoms with Crippen LogP contribution >= 0.6 is 0 Å². The Morgan fingerprint density at radius 2 is 2.13 bits per heavy atom. The van der Waals surface area contributed by atoms with E-state index in [0.29, 0.717) is 11.1 Å². The molecule has 0 saturated carbocycles. The number of ether oxygens (including phenoxy) is 1. The van der Waals surface area contributed by atoms with Gasteiger partial charge in [0.1, 0.15) is 11.8 Å². The number of aryl methyl sites for hydroxylation is 1. The van der Waals surface area contributed by atoms with Crippen LogP contribution in [0.2, 0.25) is 0 Å². The van der Waals surface area contributed by atoms with Gasteiger partial charge >= 0.3 is 5.97 Å². The molecule has 1 aromatic carbocycles. The van der Waals surface area contributed by atoms with Crippen LogP contribution in [0, 0.1) is 6.92 Å². The number of aromatic hydroxyl groups is 1. The molecule has 0 heterocycles. The lowest BCUT2D eigenvalue weighted by molar-refractivity contribution is -0.142. The highest BCUT2D eigenvalue weighted by molar-refractivity contribution is 5.80. The van der Waals surface area contributed by atoms with E-state index >= 15 is 0 Å². The van der Waals surface area contributed by atoms with Crippen molar-refractivity contribution in [2.45, 2.75) is 13.0 Å². The second-order valence-electron chi connectivity index (χ2n) is 3.23. The molecule has 1 atom stereocenters. The van der Waals surface area contributed by atoms with Crippen LogP contribution in [-0.2, 0) is 9.53 Å². The van der Waals surface area contributed by atoms with Gasteiger partial charge in [-0.05, 0) is 18.6 Å². The quantitative estimate of drug-likeness (QED) is 0.374. The Bertz CT molecular complexity index is 390. The third-order valence-electron chi connectivity index (χ3n) is 2.23. The Balaban J connectivity index is 3.24. The Kier molecular flexibility index (Phi) is 3.16. The molecule has 82 valence electrons. The zero-order valence-electron chi connectivity index (χ0n) is 8.65. The first kappa shape index (κ1) is 11.3. The van der Waals surface area contributed by atoms with E-state index in [2.05, 4.69) is 4.74 Å². The number of benzene rings is 1. The summed E-state index contributed by atoms with van der Waals surface area (Å²) in [7, 11) is 1.24. The molecule has 1 rings (SSSR count). The minimum Gasteiger partial charge on any atom is -0.505 e. The largest absolute Gasteiger partial charge is 0.505 e. The smallest absolute Gasteiger partial charge is 0.327 e. The van der Waals surface area contributed by atoms with Crippen LogP contribution in [0.4, 0.5) is 5.69 Å². The molecule has 1 aromatic rings. The Morgan fingerprint density at radius 1 is 1.53 bits per heavy atom. The first-order valence-electron chi connectivity index (χ1n) is 4.40. The standard InChI is InChI=1S/C10H14N2O3/c1-5-3-4-6(11)9(13)7(5)8(12)10(14)15-2/h3-4,8,13H,11-12H2,1-2H3/t8-/m0/s1. The lowest BCUT2D eigenvalue weighted by Gasteiger charge is -2.15. The molecular formula is C10H14N2O3. The molecule has 0 aliphatic carbocycles. The van der Waals surface area contributed by atoms with Crippen molar-refractivity contribution in [1.82, 2.24) is 0 Å². The van der Waals surface area contributed by atoms with Gasteiger partial charge in [0.25, 0.3) is 0 Å². The van der Waals surface area contributed by atoms with Gasteiger partial charge in [-0.3, -0.25) is 4.79 Å². The van der Waals surface area contributed by atoms with Gasteiger partial charge in [-0.2, -0.15) is 0 Å². The monoisotopic (exact) mass is 210 g/mol. The van der Waals surface area contributed by atoms with Crippen LogP contribution in [-0.4, -0.2) is 18.2 Å². The lowest BCUT2D eigenvalue weighted by Crippen LogP contribution is -2.23. The van der Waals surface area contributed by atoms with Crippen molar-refractivity contribution in [3.63, 3.8) is 0 Å². The summed E-state index contributed by atoms with van der Waals surface area (Å²) in [6.45, 7) is 1.73. The number of anilines is 1. The first-order chi connectivity index (χ1) is 6.99. The number of esters is 1. The second-order valence-corrected chi connectivity index (χ2v) is 3.23. The number of carbonyl (C=O) groups is 1. The zero-order valence-corrected chi connectivity index (χ0v) is 8.65. The number of methoxy groups -OCH3 is 1. The molecule has 0 aliphatic heterocycles. The highest BCUT2D eigenvalue weighted by Crippen LogP contribution is 2.32. The normalized spacial score (nSPS) is 12.2. The highest BCUT2D eigenvalue weighted by atomic mass is 16.5. The number of carbonyl (C=O) groups excluding carboxylic acids is 1. The third-order valence-corrected chi connectivity index (χ3v) is 2.23. The molecule has 0 saturated heterocycles. The molecule has 0 radical (unpaired) electrons. The maximum Gasteiger partial charge on any atom is 0.327 e. The summed E-state index contributed by atoms with van der Waals surface area (Å²) in [5.74, 6) is -0.771. The van der Waals surface area contributed by atoms with Crippen LogP contribution in [0.5, 0.6) is 5.75 Å². The molecule has 0 bridgehead atoms. The van der Waals surface area contributed by atoms with Gasteiger partial charge in [-0.25, -0.2) is 0 Å². The van der Waals surface area contributed by atoms with Gasteiger partial charge in [0.15, 0.2) is 0 Å². The molecule has 0 aliphatic rings. The molecule has 15 heavy (non-hydrogen) atoms. The molecule has 5 heteroatoms. The first-order valence-corrected chi connectivity index (χ1v) is 4.40. The topological polar surface area (TPSA) is 98.6 Å². The predicted molar refractivity (Wildman–Crippen MR) is 56.2 cm³/mol. The number of phenolic OH excluding ortho intramolecular Hbond substituents is 1. The van der Waals surface area contributed by atoms with E-state index in [1.165, 1.54) is 7.11 Å². The number of hydrogen-bond acceptors (Lipinski definition) is 5. The van der Waals surface area contributed by atoms with E-state index in [9.17, 15) is 9.90 Å². The van der Waals surface area contributed by atoms with Crippen molar-refractivity contribution < 1.29 is 14.6 Å². The Labute approximate surface area is 87.6 Å². The number of hydrogen-bond donors (Lipinski definition) is 3. The molecule has 5 nitrogen and oxygen atoms in total. The van der Waals surface area contributed by atoms with Crippen LogP contribution in [0.1, 0.15) is 17.2 Å². The average molecular weight is 210 g/mol. The number of nitrogens with two attached hydrogens (primary N) is 2. The van der Waals surface area contributed by atoms with Gasteiger partial charge in [0, 0.05) is 5.56 Å². The Morgan fingerprint density at radius 3 is 2.67 bits per heavy atom. The maximum absolute atomic E-state index is 11.2. The Hall–Kier alpha value is -1.75. The van der Waals surface area contributed by atoms with Crippen molar-refractivity contribution >= 4 is 11.7 Å². The number of rotatable bonds is 2. The van der Waals surface area contributed by atoms with Gasteiger partial charge in [-0.1, -0.05) is 6.07 Å². The summed E-state index contributed by atoms with van der Waals surface area (Å²) >= 11 is 0. The minimum atomic E-state index is -1.02. The summed E-state index contributed by atoms with van der Waals surface area (Å²) in [5, 5.41) is 9.68.